The van der Waals surface area contributed by atoms with Gasteiger partial charge in [0, 0.05) is 6.42 Å². The number of nitrogens with one attached hydrogen (secondary N) is 2. The number of alkyl carbamates (subject to hydrolysis) is 1. The summed E-state index contributed by atoms with van der Waals surface area (Å²) >= 11 is 0. The molecule has 2 aromatic rings. The van der Waals surface area contributed by atoms with Gasteiger partial charge in [0.2, 0.25) is 17.7 Å². The highest BCUT2D eigenvalue weighted by Crippen LogP contribution is 2.46. The molecule has 5 atom stereocenters. The SMILES string of the molecule is CC(C)(C)OC(=O)N[C@@H](CCCCCCF)C(=O)N1C[C@H](Oc2cnc3ccccc3n2)C[C@H]1C(=O)N[C@]1(C(=O)O)C[C@H]1CCF. The molecule has 14 heteroatoms. The summed E-state index contributed by atoms with van der Waals surface area (Å²) in [7, 11) is 0. The first-order chi connectivity index (χ1) is 21.9. The van der Waals surface area contributed by atoms with Gasteiger partial charge in [-0.2, -0.15) is 0 Å². The standard InChI is InChI=1S/C32H43F2N5O7/c1-31(2,3)46-30(44)37-24(12-6-4-5-9-14-33)28(41)39-19-21(45-26-18-35-22-10-7-8-11-23(22)36-26)16-25(39)27(40)38-32(29(42)43)17-20(32)13-15-34/h7-8,10-11,18,20-21,24-25H,4-6,9,12-17,19H2,1-3H3,(H,37,44)(H,38,40)(H,42,43)/t20-,21-,24+,25+,32-/m1/s1. The number of amides is 3. The summed E-state index contributed by atoms with van der Waals surface area (Å²) in [5.74, 6) is -2.96. The number of benzene rings is 1. The van der Waals surface area contributed by atoms with Crippen molar-refractivity contribution in [3.05, 3.63) is 30.5 Å². The summed E-state index contributed by atoms with van der Waals surface area (Å²) in [6, 6.07) is 4.96. The second kappa shape index (κ2) is 15.0. The zero-order valence-electron chi connectivity index (χ0n) is 26.5. The second-order valence-corrected chi connectivity index (χ2v) is 12.9. The van der Waals surface area contributed by atoms with Gasteiger partial charge in [0.25, 0.3) is 0 Å². The molecule has 1 aromatic carbocycles. The van der Waals surface area contributed by atoms with E-state index >= 15 is 0 Å². The molecule has 2 heterocycles. The molecule has 1 aliphatic carbocycles. The number of hydrogen-bond donors (Lipinski definition) is 3. The van der Waals surface area contributed by atoms with E-state index in [0.717, 1.165) is 0 Å². The molecule has 3 amide bonds. The minimum Gasteiger partial charge on any atom is -0.479 e. The summed E-state index contributed by atoms with van der Waals surface area (Å²) < 4.78 is 37.2. The van der Waals surface area contributed by atoms with Crippen LogP contribution in [0.15, 0.2) is 30.5 Å². The molecule has 1 aromatic heterocycles. The number of fused-ring (bicyclic) bond motifs is 1. The fourth-order valence-corrected chi connectivity index (χ4v) is 5.83. The Labute approximate surface area is 266 Å². The number of nitrogens with zero attached hydrogens (tertiary/aromatic N) is 3. The van der Waals surface area contributed by atoms with Crippen LogP contribution in [-0.4, -0.2) is 93.1 Å². The normalized spacial score (nSPS) is 23.1. The lowest BCUT2D eigenvalue weighted by Gasteiger charge is -2.30. The quantitative estimate of drug-likeness (QED) is 0.242. The van der Waals surface area contributed by atoms with Crippen molar-refractivity contribution in [2.75, 3.05) is 19.9 Å². The number of alkyl halides is 2. The maximum Gasteiger partial charge on any atom is 0.408 e. The van der Waals surface area contributed by atoms with E-state index in [9.17, 15) is 33.1 Å². The van der Waals surface area contributed by atoms with Gasteiger partial charge < -0.3 is 30.1 Å². The van der Waals surface area contributed by atoms with E-state index in [-0.39, 0.29) is 38.1 Å². The lowest BCUT2D eigenvalue weighted by atomic mass is 10.0. The highest BCUT2D eigenvalue weighted by atomic mass is 19.1. The lowest BCUT2D eigenvalue weighted by Crippen LogP contribution is -2.56. The average Bonchev–Trinajstić information content (AvgIpc) is 3.52. The molecule has 252 valence electrons. The highest BCUT2D eigenvalue weighted by Gasteiger charge is 2.62. The first-order valence-electron chi connectivity index (χ1n) is 15.7. The summed E-state index contributed by atoms with van der Waals surface area (Å²) in [6.45, 7) is 3.82. The van der Waals surface area contributed by atoms with Gasteiger partial charge in [-0.3, -0.25) is 18.4 Å². The molecule has 3 N–H and O–H groups in total. The van der Waals surface area contributed by atoms with Crippen LogP contribution in [0.3, 0.4) is 0 Å². The number of rotatable bonds is 15. The zero-order valence-corrected chi connectivity index (χ0v) is 26.5. The van der Waals surface area contributed by atoms with Crippen LogP contribution < -0.4 is 15.4 Å². The van der Waals surface area contributed by atoms with E-state index in [0.29, 0.717) is 36.7 Å². The number of carbonyl (C=O) groups is 4. The Morgan fingerprint density at radius 3 is 2.48 bits per heavy atom. The van der Waals surface area contributed by atoms with Gasteiger partial charge in [-0.25, -0.2) is 19.6 Å². The van der Waals surface area contributed by atoms with Crippen LogP contribution in [-0.2, 0) is 19.1 Å². The Morgan fingerprint density at radius 2 is 1.80 bits per heavy atom. The summed E-state index contributed by atoms with van der Waals surface area (Å²) in [4.78, 5) is 62.8. The van der Waals surface area contributed by atoms with Gasteiger partial charge in [-0.1, -0.05) is 31.4 Å². The summed E-state index contributed by atoms with van der Waals surface area (Å²) in [5.41, 5.74) is -1.21. The van der Waals surface area contributed by atoms with Gasteiger partial charge in [0.15, 0.2) is 0 Å². The van der Waals surface area contributed by atoms with Crippen LogP contribution in [0.25, 0.3) is 11.0 Å². The molecular weight excluding hydrogens is 604 g/mol. The average molecular weight is 648 g/mol. The van der Waals surface area contributed by atoms with Gasteiger partial charge in [-0.15, -0.1) is 0 Å². The topological polar surface area (TPSA) is 160 Å². The third kappa shape index (κ3) is 8.79. The summed E-state index contributed by atoms with van der Waals surface area (Å²) in [5, 5.41) is 15.1. The van der Waals surface area contributed by atoms with Crippen LogP contribution in [0.4, 0.5) is 13.6 Å². The van der Waals surface area contributed by atoms with Crippen LogP contribution in [0.1, 0.15) is 72.1 Å². The molecule has 0 bridgehead atoms. The van der Waals surface area contributed by atoms with E-state index in [1.54, 1.807) is 39.0 Å². The minimum atomic E-state index is -1.62. The molecule has 4 rings (SSSR count). The Morgan fingerprint density at radius 1 is 1.09 bits per heavy atom. The molecule has 1 saturated heterocycles. The molecule has 1 aliphatic heterocycles. The van der Waals surface area contributed by atoms with E-state index < -0.39 is 72.5 Å². The Hall–Kier alpha value is -4.10. The smallest absolute Gasteiger partial charge is 0.408 e. The molecule has 0 unspecified atom stereocenters. The number of likely N-dealkylation sites (tertiary alicyclic amines) is 1. The molecule has 0 spiro atoms. The van der Waals surface area contributed by atoms with Crippen LogP contribution in [0.5, 0.6) is 5.88 Å². The van der Waals surface area contributed by atoms with Crippen molar-refractivity contribution < 1.29 is 42.5 Å². The number of hydrogen-bond acceptors (Lipinski definition) is 8. The van der Waals surface area contributed by atoms with Crippen LogP contribution in [0, 0.1) is 5.92 Å². The minimum absolute atomic E-state index is 0.00517. The number of carboxylic acids is 1. The molecule has 0 radical (unpaired) electrons. The van der Waals surface area contributed by atoms with Crippen LogP contribution >= 0.6 is 0 Å². The Balaban J connectivity index is 1.57. The first-order valence-corrected chi connectivity index (χ1v) is 15.7. The fraction of sp³-hybridized carbons (Fsp3) is 0.625. The molecule has 46 heavy (non-hydrogen) atoms. The summed E-state index contributed by atoms with van der Waals surface area (Å²) in [6.07, 6.45) is 2.29. The van der Waals surface area contributed by atoms with Gasteiger partial charge in [0.1, 0.15) is 29.3 Å². The number of carboxylic acid groups (broad SMARTS) is 1. The number of halogens is 2. The molecule has 2 aliphatic rings. The number of carbonyl (C=O) groups excluding carboxylic acids is 3. The number of para-hydroxylation sites is 2. The molecule has 2 fully saturated rings. The van der Waals surface area contributed by atoms with Crippen molar-refractivity contribution in [3.63, 3.8) is 0 Å². The molecule has 1 saturated carbocycles. The monoisotopic (exact) mass is 647 g/mol. The molecule has 12 nitrogen and oxygen atoms in total. The Bertz CT molecular complexity index is 1410. The van der Waals surface area contributed by atoms with Crippen molar-refractivity contribution in [3.8, 4) is 5.88 Å². The van der Waals surface area contributed by atoms with Crippen molar-refractivity contribution in [1.29, 1.82) is 0 Å². The predicted octanol–water partition coefficient (Wildman–Crippen LogP) is 4.11. The molecular formula is C32H43F2N5O7. The van der Waals surface area contributed by atoms with Crippen molar-refractivity contribution in [2.24, 2.45) is 5.92 Å². The first kappa shape index (κ1) is 34.8. The maximum atomic E-state index is 14.1. The number of ether oxygens (including phenoxy) is 2. The Kier molecular flexibility index (Phi) is 11.3. The van der Waals surface area contributed by atoms with Crippen molar-refractivity contribution in [2.45, 2.75) is 101 Å². The van der Waals surface area contributed by atoms with E-state index in [4.69, 9.17) is 9.47 Å². The van der Waals surface area contributed by atoms with E-state index in [1.807, 2.05) is 6.07 Å². The predicted molar refractivity (Wildman–Crippen MR) is 163 cm³/mol. The van der Waals surface area contributed by atoms with E-state index in [1.165, 1.54) is 11.1 Å². The maximum absolute atomic E-state index is 14.1. The second-order valence-electron chi connectivity index (χ2n) is 12.9. The third-order valence-electron chi connectivity index (χ3n) is 8.22. The number of aromatic nitrogens is 2. The largest absolute Gasteiger partial charge is 0.479 e. The zero-order chi connectivity index (χ0) is 33.5. The number of aliphatic carboxylic acids is 1. The van der Waals surface area contributed by atoms with Gasteiger partial charge in [0.05, 0.1) is 37.1 Å². The van der Waals surface area contributed by atoms with E-state index in [2.05, 4.69) is 20.6 Å². The van der Waals surface area contributed by atoms with Crippen LogP contribution in [0.2, 0.25) is 0 Å². The van der Waals surface area contributed by atoms with Gasteiger partial charge in [-0.05, 0) is 64.5 Å². The van der Waals surface area contributed by atoms with Crippen molar-refractivity contribution in [1.82, 2.24) is 25.5 Å². The highest BCUT2D eigenvalue weighted by molar-refractivity contribution is 5.96. The van der Waals surface area contributed by atoms with Crippen molar-refractivity contribution >= 4 is 34.9 Å². The number of unbranched alkanes of at least 4 members (excludes halogenated alkanes) is 3. The van der Waals surface area contributed by atoms with Gasteiger partial charge >= 0.3 is 12.1 Å². The fourth-order valence-electron chi connectivity index (χ4n) is 5.83. The lowest BCUT2D eigenvalue weighted by molar-refractivity contribution is -0.146. The third-order valence-corrected chi connectivity index (χ3v) is 8.22.